The van der Waals surface area contributed by atoms with E-state index < -0.39 is 0 Å². The molecule has 1 amide bonds. The molecule has 0 saturated carbocycles. The first-order chi connectivity index (χ1) is 12.7. The van der Waals surface area contributed by atoms with E-state index in [4.69, 9.17) is 8.83 Å². The van der Waals surface area contributed by atoms with Gasteiger partial charge in [0, 0.05) is 19.5 Å². The van der Waals surface area contributed by atoms with Gasteiger partial charge in [0.2, 0.25) is 5.76 Å². The van der Waals surface area contributed by atoms with Crippen LogP contribution in [0.2, 0.25) is 0 Å². The molecule has 4 rings (SSSR count). The van der Waals surface area contributed by atoms with E-state index in [2.05, 4.69) is 9.97 Å². The van der Waals surface area contributed by atoms with Crippen molar-refractivity contribution in [1.82, 2.24) is 14.9 Å². The maximum Gasteiger partial charge on any atom is 0.291 e. The second-order valence-corrected chi connectivity index (χ2v) is 6.42. The lowest BCUT2D eigenvalue weighted by Gasteiger charge is -2.30. The Bertz CT molecular complexity index is 874. The van der Waals surface area contributed by atoms with Crippen molar-refractivity contribution in [3.63, 3.8) is 0 Å². The highest BCUT2D eigenvalue weighted by molar-refractivity contribution is 5.91. The van der Waals surface area contributed by atoms with Crippen LogP contribution >= 0.6 is 0 Å². The number of rotatable bonds is 4. The predicted octanol–water partition coefficient (Wildman–Crippen LogP) is 3.41. The molecule has 0 spiro atoms. The van der Waals surface area contributed by atoms with Gasteiger partial charge in [0.05, 0.1) is 18.3 Å². The van der Waals surface area contributed by atoms with Crippen LogP contribution in [-0.4, -0.2) is 33.9 Å². The van der Waals surface area contributed by atoms with Gasteiger partial charge in [0.1, 0.15) is 11.6 Å². The summed E-state index contributed by atoms with van der Waals surface area (Å²) in [6.07, 6.45) is 6.73. The van der Waals surface area contributed by atoms with E-state index in [1.54, 1.807) is 23.2 Å². The average molecular weight is 355 g/mol. The fraction of sp³-hybridized carbons (Fsp3) is 0.316. The minimum absolute atomic E-state index is 0.0533. The topological polar surface area (TPSA) is 72.4 Å². The number of nitrogens with zero attached hydrogens (tertiary/aromatic N) is 3. The Balaban J connectivity index is 1.43. The molecule has 26 heavy (non-hydrogen) atoms. The zero-order valence-electron chi connectivity index (χ0n) is 14.1. The summed E-state index contributed by atoms with van der Waals surface area (Å²) in [6.45, 7) is 1.22. The van der Waals surface area contributed by atoms with E-state index >= 15 is 0 Å². The zero-order valence-corrected chi connectivity index (χ0v) is 14.1. The van der Waals surface area contributed by atoms with E-state index in [-0.39, 0.29) is 23.4 Å². The van der Waals surface area contributed by atoms with Gasteiger partial charge < -0.3 is 13.7 Å². The van der Waals surface area contributed by atoms with Crippen molar-refractivity contribution in [3.8, 4) is 0 Å². The molecule has 1 aromatic carbocycles. The molecule has 2 aromatic heterocycles. The Labute approximate surface area is 149 Å². The number of benzene rings is 1. The molecule has 0 bridgehead atoms. The van der Waals surface area contributed by atoms with Gasteiger partial charge in [-0.25, -0.2) is 14.4 Å². The van der Waals surface area contributed by atoms with Gasteiger partial charge in [-0.2, -0.15) is 0 Å². The van der Waals surface area contributed by atoms with Crippen LogP contribution in [0.1, 0.15) is 46.5 Å². The van der Waals surface area contributed by atoms with E-state index in [0.29, 0.717) is 25.4 Å². The van der Waals surface area contributed by atoms with Crippen LogP contribution in [-0.2, 0) is 6.42 Å². The van der Waals surface area contributed by atoms with Crippen molar-refractivity contribution >= 4 is 5.91 Å². The second-order valence-electron chi connectivity index (χ2n) is 6.42. The standard InChI is InChI=1S/C19H18FN3O3/c20-15-5-3-13(4-6-15)8-16-9-22-18(26-16)14-2-1-7-23(11-14)19(24)17-10-21-12-25-17/h3-6,9-10,12,14H,1-2,7-8,11H2/t14-/m0/s1. The first-order valence-electron chi connectivity index (χ1n) is 8.56. The molecule has 1 fully saturated rings. The Morgan fingerprint density at radius 2 is 2.12 bits per heavy atom. The first-order valence-corrected chi connectivity index (χ1v) is 8.56. The van der Waals surface area contributed by atoms with E-state index in [9.17, 15) is 9.18 Å². The van der Waals surface area contributed by atoms with Crippen LogP contribution in [0.15, 0.2) is 51.9 Å². The molecule has 1 atom stereocenters. The third-order valence-corrected chi connectivity index (χ3v) is 4.56. The molecule has 3 aromatic rings. The average Bonchev–Trinajstić information content (AvgIpc) is 3.35. The second kappa shape index (κ2) is 7.11. The smallest absolute Gasteiger partial charge is 0.291 e. The third-order valence-electron chi connectivity index (χ3n) is 4.56. The minimum Gasteiger partial charge on any atom is -0.445 e. The lowest BCUT2D eigenvalue weighted by Crippen LogP contribution is -2.39. The fourth-order valence-electron chi connectivity index (χ4n) is 3.24. The molecule has 1 aliphatic heterocycles. The summed E-state index contributed by atoms with van der Waals surface area (Å²) in [5.74, 6) is 1.24. The summed E-state index contributed by atoms with van der Waals surface area (Å²) in [5, 5.41) is 0. The normalized spacial score (nSPS) is 17.4. The van der Waals surface area contributed by atoms with Crippen LogP contribution < -0.4 is 0 Å². The summed E-state index contributed by atoms with van der Waals surface area (Å²) in [4.78, 5) is 22.4. The number of aromatic nitrogens is 2. The number of halogens is 1. The summed E-state index contributed by atoms with van der Waals surface area (Å²) in [6, 6.07) is 6.33. The van der Waals surface area contributed by atoms with Gasteiger partial charge in [-0.15, -0.1) is 0 Å². The highest BCUT2D eigenvalue weighted by Gasteiger charge is 2.29. The Morgan fingerprint density at radius 1 is 1.27 bits per heavy atom. The van der Waals surface area contributed by atoms with Crippen molar-refractivity contribution < 1.29 is 18.0 Å². The predicted molar refractivity (Wildman–Crippen MR) is 90.1 cm³/mol. The van der Waals surface area contributed by atoms with Gasteiger partial charge in [-0.05, 0) is 30.5 Å². The summed E-state index contributed by atoms with van der Waals surface area (Å²) >= 11 is 0. The summed E-state index contributed by atoms with van der Waals surface area (Å²) in [7, 11) is 0. The molecule has 6 nitrogen and oxygen atoms in total. The van der Waals surface area contributed by atoms with Crippen molar-refractivity contribution in [3.05, 3.63) is 71.8 Å². The molecule has 0 radical (unpaired) electrons. The quantitative estimate of drug-likeness (QED) is 0.717. The van der Waals surface area contributed by atoms with Crippen molar-refractivity contribution in [2.24, 2.45) is 0 Å². The summed E-state index contributed by atoms with van der Waals surface area (Å²) < 4.78 is 24.0. The highest BCUT2D eigenvalue weighted by Crippen LogP contribution is 2.28. The molecule has 134 valence electrons. The molecular weight excluding hydrogens is 337 g/mol. The van der Waals surface area contributed by atoms with Gasteiger partial charge in [0.15, 0.2) is 12.3 Å². The number of hydrogen-bond acceptors (Lipinski definition) is 5. The van der Waals surface area contributed by atoms with E-state index in [0.717, 1.165) is 24.2 Å². The van der Waals surface area contributed by atoms with E-state index in [1.807, 2.05) is 0 Å². The fourth-order valence-corrected chi connectivity index (χ4v) is 3.24. The molecule has 0 N–H and O–H groups in total. The maximum absolute atomic E-state index is 13.0. The third kappa shape index (κ3) is 3.51. The Morgan fingerprint density at radius 3 is 2.88 bits per heavy atom. The molecule has 7 heteroatoms. The summed E-state index contributed by atoms with van der Waals surface area (Å²) in [5.41, 5.74) is 0.958. The molecule has 0 unspecified atom stereocenters. The molecule has 1 aliphatic rings. The van der Waals surface area contributed by atoms with Gasteiger partial charge in [0.25, 0.3) is 5.91 Å². The Kier molecular flexibility index (Phi) is 4.51. The number of likely N-dealkylation sites (tertiary alicyclic amines) is 1. The minimum atomic E-state index is -0.259. The monoisotopic (exact) mass is 355 g/mol. The number of piperidine rings is 1. The van der Waals surface area contributed by atoms with Crippen LogP contribution in [0, 0.1) is 5.82 Å². The van der Waals surface area contributed by atoms with Crippen molar-refractivity contribution in [2.75, 3.05) is 13.1 Å². The lowest BCUT2D eigenvalue weighted by atomic mass is 9.98. The number of hydrogen-bond donors (Lipinski definition) is 0. The van der Waals surface area contributed by atoms with Gasteiger partial charge in [-0.3, -0.25) is 4.79 Å². The number of carbonyl (C=O) groups excluding carboxylic acids is 1. The SMILES string of the molecule is O=C(c1cnco1)N1CCC[C@H](c2ncc(Cc3ccc(F)cc3)o2)C1. The lowest BCUT2D eigenvalue weighted by molar-refractivity contribution is 0.0666. The molecule has 3 heterocycles. The number of amides is 1. The van der Waals surface area contributed by atoms with Crippen LogP contribution in [0.3, 0.4) is 0 Å². The largest absolute Gasteiger partial charge is 0.445 e. The van der Waals surface area contributed by atoms with Crippen molar-refractivity contribution in [1.29, 1.82) is 0 Å². The van der Waals surface area contributed by atoms with Crippen LogP contribution in [0.25, 0.3) is 0 Å². The highest BCUT2D eigenvalue weighted by atomic mass is 19.1. The first kappa shape index (κ1) is 16.5. The van der Waals surface area contributed by atoms with Gasteiger partial charge in [-0.1, -0.05) is 12.1 Å². The molecule has 0 aliphatic carbocycles. The van der Waals surface area contributed by atoms with Crippen LogP contribution in [0.5, 0.6) is 0 Å². The molecular formula is C19H18FN3O3. The Hall–Kier alpha value is -2.96. The van der Waals surface area contributed by atoms with Crippen molar-refractivity contribution in [2.45, 2.75) is 25.2 Å². The van der Waals surface area contributed by atoms with E-state index in [1.165, 1.54) is 24.7 Å². The van der Waals surface area contributed by atoms with Crippen LogP contribution in [0.4, 0.5) is 4.39 Å². The molecule has 1 saturated heterocycles. The zero-order chi connectivity index (χ0) is 17.9. The number of oxazole rings is 2. The maximum atomic E-state index is 13.0. The number of carbonyl (C=O) groups is 1. The van der Waals surface area contributed by atoms with Gasteiger partial charge >= 0.3 is 0 Å².